The van der Waals surface area contributed by atoms with Crippen LogP contribution in [0.15, 0.2) is 58.4 Å². The molecule has 0 amide bonds. The van der Waals surface area contributed by atoms with Crippen LogP contribution in [0.1, 0.15) is 30.5 Å². The van der Waals surface area contributed by atoms with E-state index in [0.717, 1.165) is 36.7 Å². The lowest BCUT2D eigenvalue weighted by Crippen LogP contribution is -2.44. The van der Waals surface area contributed by atoms with E-state index in [9.17, 15) is 8.42 Å². The van der Waals surface area contributed by atoms with E-state index in [1.54, 1.807) is 6.07 Å². The van der Waals surface area contributed by atoms with Crippen LogP contribution in [0.25, 0.3) is 0 Å². The molecule has 1 unspecified atom stereocenters. The summed E-state index contributed by atoms with van der Waals surface area (Å²) in [5.74, 6) is 0.752. The van der Waals surface area contributed by atoms with E-state index in [1.165, 1.54) is 11.8 Å². The summed E-state index contributed by atoms with van der Waals surface area (Å²) in [5.41, 5.74) is 3.02. The number of likely N-dealkylation sites (N-methyl/N-ethyl adjacent to an activating group) is 1. The number of rotatable bonds is 9. The van der Waals surface area contributed by atoms with Crippen molar-refractivity contribution in [3.63, 3.8) is 0 Å². The van der Waals surface area contributed by atoms with Crippen molar-refractivity contribution in [2.75, 3.05) is 26.4 Å². The van der Waals surface area contributed by atoms with Gasteiger partial charge in [-0.15, -0.1) is 24.0 Å². The highest BCUT2D eigenvalue weighted by molar-refractivity contribution is 14.0. The Hall–Kier alpha value is -1.65. The third-order valence-corrected chi connectivity index (χ3v) is 6.25. The van der Waals surface area contributed by atoms with E-state index in [0.29, 0.717) is 17.5 Å². The van der Waals surface area contributed by atoms with Crippen LogP contribution in [-0.2, 0) is 22.9 Å². The molecule has 0 radical (unpaired) electrons. The Morgan fingerprint density at radius 1 is 1.10 bits per heavy atom. The van der Waals surface area contributed by atoms with Gasteiger partial charge in [-0.25, -0.2) is 13.4 Å². The molecule has 0 saturated heterocycles. The van der Waals surface area contributed by atoms with Gasteiger partial charge in [0.25, 0.3) is 0 Å². The third-order valence-electron chi connectivity index (χ3n) is 4.99. The normalized spacial score (nSPS) is 12.9. The number of guanidine groups is 1. The second-order valence-electron chi connectivity index (χ2n) is 7.70. The Kier molecular flexibility index (Phi) is 11.5. The largest absolute Gasteiger partial charge is 0.357 e. The van der Waals surface area contributed by atoms with Crippen molar-refractivity contribution >= 4 is 39.8 Å². The number of aliphatic imine (C=N–C) groups is 1. The molecule has 0 heterocycles. The zero-order valence-electron chi connectivity index (χ0n) is 19.1. The molecule has 0 spiro atoms. The van der Waals surface area contributed by atoms with Crippen molar-refractivity contribution in [3.05, 3.63) is 65.2 Å². The Morgan fingerprint density at radius 2 is 1.77 bits per heavy atom. The van der Waals surface area contributed by atoms with Crippen LogP contribution in [0.5, 0.6) is 0 Å². The van der Waals surface area contributed by atoms with E-state index < -0.39 is 9.84 Å². The van der Waals surface area contributed by atoms with Gasteiger partial charge in [-0.2, -0.15) is 0 Å². The van der Waals surface area contributed by atoms with Crippen molar-refractivity contribution in [2.45, 2.75) is 44.8 Å². The maximum Gasteiger partial charge on any atom is 0.191 e. The second-order valence-corrected chi connectivity index (χ2v) is 9.68. The molecule has 0 aliphatic heterocycles. The summed E-state index contributed by atoms with van der Waals surface area (Å²) in [6, 6.07) is 16.1. The SMILES string of the molecule is CCNC(=NCc1ccc(S(C)(=O)=O)c(C)c1)NCC(C)N(C)Cc1ccccc1.I. The quantitative estimate of drug-likeness (QED) is 0.280. The fraction of sp³-hybridized carbons (Fsp3) is 0.435. The van der Waals surface area contributed by atoms with Gasteiger partial charge in [-0.3, -0.25) is 4.90 Å². The fourth-order valence-electron chi connectivity index (χ4n) is 3.17. The van der Waals surface area contributed by atoms with Gasteiger partial charge in [0.1, 0.15) is 0 Å². The highest BCUT2D eigenvalue weighted by Gasteiger charge is 2.12. The van der Waals surface area contributed by atoms with Crippen LogP contribution in [0.4, 0.5) is 0 Å². The Balaban J connectivity index is 0.00000480. The van der Waals surface area contributed by atoms with Gasteiger partial charge < -0.3 is 10.6 Å². The lowest BCUT2D eigenvalue weighted by Gasteiger charge is -2.25. The van der Waals surface area contributed by atoms with Gasteiger partial charge in [0.2, 0.25) is 0 Å². The topological polar surface area (TPSA) is 73.8 Å². The number of aryl methyl sites for hydroxylation is 1. The number of nitrogens with one attached hydrogen (secondary N) is 2. The molecule has 2 aromatic carbocycles. The van der Waals surface area contributed by atoms with Crippen LogP contribution >= 0.6 is 24.0 Å². The lowest BCUT2D eigenvalue weighted by atomic mass is 10.1. The zero-order chi connectivity index (χ0) is 22.1. The van der Waals surface area contributed by atoms with Crippen molar-refractivity contribution in [2.24, 2.45) is 4.99 Å². The monoisotopic (exact) mass is 558 g/mol. The highest BCUT2D eigenvalue weighted by Crippen LogP contribution is 2.17. The Labute approximate surface area is 204 Å². The molecule has 0 aromatic heterocycles. The summed E-state index contributed by atoms with van der Waals surface area (Å²) >= 11 is 0. The Bertz CT molecular complexity index is 949. The van der Waals surface area contributed by atoms with Crippen LogP contribution < -0.4 is 10.6 Å². The number of halogens is 1. The average Bonchev–Trinajstić information content (AvgIpc) is 2.69. The molecule has 8 heteroatoms. The van der Waals surface area contributed by atoms with Gasteiger partial charge in [0, 0.05) is 31.9 Å². The number of hydrogen-bond donors (Lipinski definition) is 2. The van der Waals surface area contributed by atoms with Crippen molar-refractivity contribution in [1.29, 1.82) is 0 Å². The number of nitrogens with zero attached hydrogens (tertiary/aromatic N) is 2. The van der Waals surface area contributed by atoms with Gasteiger partial charge >= 0.3 is 0 Å². The van der Waals surface area contributed by atoms with Gasteiger partial charge in [0.05, 0.1) is 11.4 Å². The van der Waals surface area contributed by atoms with Gasteiger partial charge in [0.15, 0.2) is 15.8 Å². The van der Waals surface area contributed by atoms with Crippen molar-refractivity contribution in [1.82, 2.24) is 15.5 Å². The lowest BCUT2D eigenvalue weighted by molar-refractivity contribution is 0.249. The summed E-state index contributed by atoms with van der Waals surface area (Å²) in [6.45, 7) is 8.95. The summed E-state index contributed by atoms with van der Waals surface area (Å²) in [5, 5.41) is 6.68. The first-order valence-electron chi connectivity index (χ1n) is 10.3. The van der Waals surface area contributed by atoms with E-state index in [1.807, 2.05) is 32.0 Å². The molecule has 2 aromatic rings. The van der Waals surface area contributed by atoms with E-state index in [-0.39, 0.29) is 24.0 Å². The molecular weight excluding hydrogens is 523 g/mol. The van der Waals surface area contributed by atoms with Crippen LogP contribution in [0.3, 0.4) is 0 Å². The number of benzene rings is 2. The minimum atomic E-state index is -3.20. The molecule has 31 heavy (non-hydrogen) atoms. The Morgan fingerprint density at radius 3 is 2.35 bits per heavy atom. The molecule has 2 rings (SSSR count). The molecule has 0 bridgehead atoms. The first kappa shape index (κ1) is 27.4. The average molecular weight is 559 g/mol. The molecule has 0 saturated carbocycles. The molecule has 0 aliphatic rings. The molecule has 2 N–H and O–H groups in total. The summed E-state index contributed by atoms with van der Waals surface area (Å²) < 4.78 is 23.6. The molecule has 0 aliphatic carbocycles. The summed E-state index contributed by atoms with van der Waals surface area (Å²) in [7, 11) is -1.08. The van der Waals surface area contributed by atoms with E-state index in [4.69, 9.17) is 0 Å². The molecule has 0 fully saturated rings. The summed E-state index contributed by atoms with van der Waals surface area (Å²) in [6.07, 6.45) is 1.23. The minimum absolute atomic E-state index is 0. The van der Waals surface area contributed by atoms with Crippen molar-refractivity contribution in [3.8, 4) is 0 Å². The molecular formula is C23H35IN4O2S. The van der Waals surface area contributed by atoms with E-state index >= 15 is 0 Å². The smallest absolute Gasteiger partial charge is 0.191 e. The second kappa shape index (κ2) is 13.0. The zero-order valence-corrected chi connectivity index (χ0v) is 22.2. The molecule has 6 nitrogen and oxygen atoms in total. The van der Waals surface area contributed by atoms with Crippen LogP contribution in [-0.4, -0.2) is 51.7 Å². The third kappa shape index (κ3) is 9.16. The van der Waals surface area contributed by atoms with Crippen molar-refractivity contribution < 1.29 is 8.42 Å². The van der Waals surface area contributed by atoms with E-state index in [2.05, 4.69) is 58.8 Å². The first-order valence-corrected chi connectivity index (χ1v) is 12.2. The number of hydrogen-bond acceptors (Lipinski definition) is 4. The highest BCUT2D eigenvalue weighted by atomic mass is 127. The fourth-order valence-corrected chi connectivity index (χ4v) is 4.12. The predicted octanol–water partition coefficient (Wildman–Crippen LogP) is 3.59. The van der Waals surface area contributed by atoms with Gasteiger partial charge in [-0.1, -0.05) is 42.5 Å². The van der Waals surface area contributed by atoms with Gasteiger partial charge in [-0.05, 0) is 50.6 Å². The number of sulfone groups is 1. The standard InChI is InChI=1S/C23H34N4O2S.HI/c1-6-24-23(25-15-19(3)27(4)17-20-10-8-7-9-11-20)26-16-21-12-13-22(18(2)14-21)30(5,28)29;/h7-14,19H,6,15-17H2,1-5H3,(H2,24,25,26);1H. The summed E-state index contributed by atoms with van der Waals surface area (Å²) in [4.78, 5) is 7.33. The maximum atomic E-state index is 11.8. The predicted molar refractivity (Wildman–Crippen MR) is 140 cm³/mol. The molecule has 172 valence electrons. The molecule has 1 atom stereocenters. The van der Waals surface area contributed by atoms with Crippen LogP contribution in [0, 0.1) is 6.92 Å². The maximum absolute atomic E-state index is 11.8. The minimum Gasteiger partial charge on any atom is -0.357 e. The first-order chi connectivity index (χ1) is 14.2. The van der Waals surface area contributed by atoms with Crippen LogP contribution in [0.2, 0.25) is 0 Å².